The van der Waals surface area contributed by atoms with Gasteiger partial charge in [-0.1, -0.05) is 0 Å². The molecule has 2 rings (SSSR count). The van der Waals surface area contributed by atoms with E-state index in [0.29, 0.717) is 18.5 Å². The van der Waals surface area contributed by atoms with Crippen LogP contribution in [0.3, 0.4) is 0 Å². The van der Waals surface area contributed by atoms with Crippen molar-refractivity contribution in [2.75, 3.05) is 13.6 Å². The highest BCUT2D eigenvalue weighted by Crippen LogP contribution is 2.17. The molecule has 6 heteroatoms. The van der Waals surface area contributed by atoms with E-state index in [1.165, 1.54) is 0 Å². The lowest BCUT2D eigenvalue weighted by Gasteiger charge is -2.39. The van der Waals surface area contributed by atoms with Gasteiger partial charge in [0, 0.05) is 7.05 Å². The first-order valence-corrected chi connectivity index (χ1v) is 4.25. The molecule has 0 fully saturated rings. The lowest BCUT2D eigenvalue weighted by atomic mass is 10.0. The molecule has 13 heavy (non-hydrogen) atoms. The van der Waals surface area contributed by atoms with E-state index in [-0.39, 0.29) is 11.7 Å². The molecular weight excluding hydrogens is 168 g/mol. The molecule has 2 aliphatic rings. The number of hydrogen-bond acceptors (Lipinski definition) is 5. The Hall–Kier alpha value is -1.46. The number of fused-ring (bicyclic) bond motifs is 1. The van der Waals surface area contributed by atoms with E-state index in [0.717, 1.165) is 0 Å². The average Bonchev–Trinajstić information content (AvgIpc) is 2.36. The third-order valence-corrected chi connectivity index (χ3v) is 2.87. The summed E-state index contributed by atoms with van der Waals surface area (Å²) in [6.07, 6.45) is 0. The highest BCUT2D eigenvalue weighted by Gasteiger charge is 2.50. The van der Waals surface area contributed by atoms with Gasteiger partial charge in [0.05, 0.1) is 6.54 Å². The van der Waals surface area contributed by atoms with Crippen molar-refractivity contribution >= 4 is 11.9 Å². The van der Waals surface area contributed by atoms with Crippen LogP contribution in [0, 0.1) is 0 Å². The molecule has 0 bridgehead atoms. The van der Waals surface area contributed by atoms with E-state index in [9.17, 15) is 0 Å². The Balaban J connectivity index is 2.34. The normalized spacial score (nSPS) is 37.7. The van der Waals surface area contributed by atoms with Crippen LogP contribution in [-0.2, 0) is 0 Å². The number of guanidine groups is 2. The number of aliphatic imine (C=N–C) groups is 1. The largest absolute Gasteiger partial charge is 0.370 e. The average molecular weight is 183 g/mol. The second-order valence-electron chi connectivity index (χ2n) is 3.64. The van der Waals surface area contributed by atoms with Crippen molar-refractivity contribution in [1.82, 2.24) is 10.2 Å². The molecule has 0 aromatic heterocycles. The van der Waals surface area contributed by atoms with Gasteiger partial charge in [0.25, 0.3) is 0 Å². The maximum Gasteiger partial charge on any atom is 0.343 e. The van der Waals surface area contributed by atoms with Crippen molar-refractivity contribution in [3.63, 3.8) is 0 Å². The molecule has 0 saturated heterocycles. The minimum absolute atomic E-state index is 0.185. The molecule has 2 unspecified atom stereocenters. The number of nitrogens with two attached hydrogens (primary N) is 2. The molecule has 6 nitrogen and oxygen atoms in total. The summed E-state index contributed by atoms with van der Waals surface area (Å²) >= 11 is 0. The Labute approximate surface area is 76.7 Å². The summed E-state index contributed by atoms with van der Waals surface area (Å²) < 4.78 is 0. The van der Waals surface area contributed by atoms with Gasteiger partial charge < -0.3 is 10.6 Å². The summed E-state index contributed by atoms with van der Waals surface area (Å²) in [5, 5.41) is 3.16. The molecule has 72 valence electrons. The fourth-order valence-electron chi connectivity index (χ4n) is 1.79. The van der Waals surface area contributed by atoms with Crippen LogP contribution in [0.25, 0.3) is 0 Å². The first-order chi connectivity index (χ1) is 6.04. The van der Waals surface area contributed by atoms with Crippen LogP contribution in [0.15, 0.2) is 4.99 Å². The summed E-state index contributed by atoms with van der Waals surface area (Å²) in [5.41, 5.74) is 11.1. The highest BCUT2D eigenvalue weighted by molar-refractivity contribution is 5.82. The first kappa shape index (κ1) is 8.15. The van der Waals surface area contributed by atoms with Crippen LogP contribution in [-0.4, -0.2) is 42.1 Å². The number of likely N-dealkylation sites (N-methyl/N-ethyl adjacent to an activating group) is 1. The number of nitrogens with zero attached hydrogens (tertiary/aromatic N) is 2. The van der Waals surface area contributed by atoms with Gasteiger partial charge >= 0.3 is 5.96 Å². The minimum atomic E-state index is -0.254. The third-order valence-electron chi connectivity index (χ3n) is 2.87. The fraction of sp³-hybridized carbons (Fsp3) is 0.714. The first-order valence-electron chi connectivity index (χ1n) is 4.25. The second kappa shape index (κ2) is 2.27. The summed E-state index contributed by atoms with van der Waals surface area (Å²) in [6, 6.07) is 0.185. The van der Waals surface area contributed by atoms with E-state index < -0.39 is 0 Å². The van der Waals surface area contributed by atoms with Crippen LogP contribution in [0.5, 0.6) is 0 Å². The topological polar surface area (TPSA) is 93.6 Å². The Morgan fingerprint density at radius 3 is 3.08 bits per heavy atom. The molecule has 2 aliphatic heterocycles. The number of rotatable bonds is 0. The number of nitrogens with one attached hydrogen (secondary N) is 2. The second-order valence-corrected chi connectivity index (χ2v) is 3.64. The van der Waals surface area contributed by atoms with Crippen molar-refractivity contribution in [2.45, 2.75) is 18.6 Å². The molecule has 0 spiro atoms. The lowest BCUT2D eigenvalue weighted by molar-refractivity contribution is -0.504. The maximum atomic E-state index is 5.72. The minimum Gasteiger partial charge on any atom is -0.370 e. The summed E-state index contributed by atoms with van der Waals surface area (Å²) in [7, 11) is 1.90. The zero-order valence-electron chi connectivity index (χ0n) is 7.83. The van der Waals surface area contributed by atoms with Gasteiger partial charge in [-0.15, -0.1) is 0 Å². The van der Waals surface area contributed by atoms with Crippen molar-refractivity contribution in [3.8, 4) is 0 Å². The van der Waals surface area contributed by atoms with E-state index in [1.54, 1.807) is 0 Å². The SMILES string of the molecule is CN1C(N)=NCC2[NH+]=C(N)NC21C. The Morgan fingerprint density at radius 2 is 2.38 bits per heavy atom. The van der Waals surface area contributed by atoms with Crippen molar-refractivity contribution in [3.05, 3.63) is 0 Å². The van der Waals surface area contributed by atoms with Crippen LogP contribution in [0.4, 0.5) is 0 Å². The van der Waals surface area contributed by atoms with Crippen LogP contribution >= 0.6 is 0 Å². The lowest BCUT2D eigenvalue weighted by Crippen LogP contribution is -2.84. The van der Waals surface area contributed by atoms with Gasteiger partial charge in [0.15, 0.2) is 11.6 Å². The zero-order chi connectivity index (χ0) is 9.64. The molecule has 0 aromatic carbocycles. The molecular formula is C7H15N6+. The third kappa shape index (κ3) is 0.944. The quantitative estimate of drug-likeness (QED) is 0.311. The predicted octanol–water partition coefficient (Wildman–Crippen LogP) is -3.67. The fourth-order valence-corrected chi connectivity index (χ4v) is 1.79. The summed E-state index contributed by atoms with van der Waals surface area (Å²) in [5.74, 6) is 1.13. The molecule has 0 amide bonds. The molecule has 2 heterocycles. The Kier molecular flexibility index (Phi) is 1.43. The highest BCUT2D eigenvalue weighted by atomic mass is 15.5. The molecule has 0 saturated carbocycles. The van der Waals surface area contributed by atoms with Gasteiger partial charge in [-0.3, -0.25) is 16.0 Å². The van der Waals surface area contributed by atoms with E-state index in [4.69, 9.17) is 11.5 Å². The van der Waals surface area contributed by atoms with Gasteiger partial charge in [-0.05, 0) is 6.92 Å². The number of hydrogen-bond donors (Lipinski definition) is 4. The summed E-state index contributed by atoms with van der Waals surface area (Å²) in [6.45, 7) is 2.70. The van der Waals surface area contributed by atoms with Gasteiger partial charge in [-0.2, -0.15) is 0 Å². The Bertz CT molecular complexity index is 295. The van der Waals surface area contributed by atoms with E-state index in [1.807, 2.05) is 18.9 Å². The Morgan fingerprint density at radius 1 is 1.69 bits per heavy atom. The smallest absolute Gasteiger partial charge is 0.343 e. The zero-order valence-corrected chi connectivity index (χ0v) is 7.83. The standard InChI is InChI=1S/C7H14N6/c1-7-4(11-5(8)12-7)3-10-6(9)13(7)2/h4H,3H2,1-2H3,(H2,9,10)(H3,8,11,12)/p+1. The molecule has 0 aliphatic carbocycles. The molecule has 2 atom stereocenters. The van der Waals surface area contributed by atoms with Gasteiger partial charge in [-0.25, -0.2) is 4.99 Å². The molecule has 0 aromatic rings. The van der Waals surface area contributed by atoms with Crippen LogP contribution in [0.2, 0.25) is 0 Å². The van der Waals surface area contributed by atoms with Gasteiger partial charge in [0.2, 0.25) is 0 Å². The van der Waals surface area contributed by atoms with E-state index >= 15 is 0 Å². The van der Waals surface area contributed by atoms with E-state index in [2.05, 4.69) is 15.3 Å². The van der Waals surface area contributed by atoms with Crippen LogP contribution < -0.4 is 21.8 Å². The maximum absolute atomic E-state index is 5.72. The predicted molar refractivity (Wildman–Crippen MR) is 49.7 cm³/mol. The van der Waals surface area contributed by atoms with Crippen molar-refractivity contribution in [2.24, 2.45) is 16.5 Å². The monoisotopic (exact) mass is 183 g/mol. The molecule has 0 radical (unpaired) electrons. The van der Waals surface area contributed by atoms with Crippen molar-refractivity contribution in [1.29, 1.82) is 0 Å². The van der Waals surface area contributed by atoms with Crippen molar-refractivity contribution < 1.29 is 4.99 Å². The molecule has 6 N–H and O–H groups in total. The van der Waals surface area contributed by atoms with Gasteiger partial charge in [0.1, 0.15) is 6.04 Å². The summed E-state index contributed by atoms with van der Waals surface area (Å²) in [4.78, 5) is 9.21. The van der Waals surface area contributed by atoms with Crippen LogP contribution in [0.1, 0.15) is 6.92 Å².